The van der Waals surface area contributed by atoms with Gasteiger partial charge in [-0.15, -0.1) is 0 Å². The SMILES string of the molecule is Cc1ccc(NC(=O)Nc2ccccc2)cc1NC(=O)COCC1CC1. The van der Waals surface area contributed by atoms with E-state index in [9.17, 15) is 9.59 Å². The third-order valence-corrected chi connectivity index (χ3v) is 4.08. The third-order valence-electron chi connectivity index (χ3n) is 4.08. The van der Waals surface area contributed by atoms with Gasteiger partial charge in [0.15, 0.2) is 0 Å². The van der Waals surface area contributed by atoms with Gasteiger partial charge in [-0.2, -0.15) is 0 Å². The molecule has 1 aliphatic rings. The quantitative estimate of drug-likeness (QED) is 0.704. The predicted octanol–water partition coefficient (Wildman–Crippen LogP) is 4.00. The number of carbonyl (C=O) groups is 2. The molecule has 136 valence electrons. The Morgan fingerprint density at radius 1 is 1.00 bits per heavy atom. The first-order valence-electron chi connectivity index (χ1n) is 8.71. The van der Waals surface area contributed by atoms with Crippen LogP contribution < -0.4 is 16.0 Å². The van der Waals surface area contributed by atoms with Gasteiger partial charge in [0.2, 0.25) is 5.91 Å². The molecule has 26 heavy (non-hydrogen) atoms. The summed E-state index contributed by atoms with van der Waals surface area (Å²) >= 11 is 0. The Morgan fingerprint density at radius 2 is 1.73 bits per heavy atom. The van der Waals surface area contributed by atoms with E-state index in [1.165, 1.54) is 12.8 Å². The number of hydrogen-bond acceptors (Lipinski definition) is 3. The van der Waals surface area contributed by atoms with E-state index in [0.717, 1.165) is 5.56 Å². The van der Waals surface area contributed by atoms with Gasteiger partial charge < -0.3 is 20.7 Å². The summed E-state index contributed by atoms with van der Waals surface area (Å²) in [5, 5.41) is 8.35. The lowest BCUT2D eigenvalue weighted by molar-refractivity contribution is -0.120. The second-order valence-electron chi connectivity index (χ2n) is 6.48. The van der Waals surface area contributed by atoms with Gasteiger partial charge >= 0.3 is 6.03 Å². The lowest BCUT2D eigenvalue weighted by Crippen LogP contribution is -2.21. The molecule has 1 saturated carbocycles. The van der Waals surface area contributed by atoms with Crippen molar-refractivity contribution in [3.8, 4) is 0 Å². The number of anilines is 3. The number of rotatable bonds is 7. The van der Waals surface area contributed by atoms with E-state index in [4.69, 9.17) is 4.74 Å². The second-order valence-corrected chi connectivity index (χ2v) is 6.48. The summed E-state index contributed by atoms with van der Waals surface area (Å²) in [7, 11) is 0. The normalized spacial score (nSPS) is 13.1. The number of carbonyl (C=O) groups excluding carboxylic acids is 2. The van der Waals surface area contributed by atoms with Gasteiger partial charge in [0.05, 0.1) is 6.61 Å². The zero-order valence-corrected chi connectivity index (χ0v) is 14.7. The van der Waals surface area contributed by atoms with E-state index < -0.39 is 0 Å². The maximum atomic E-state index is 12.1. The van der Waals surface area contributed by atoms with Crippen LogP contribution in [-0.2, 0) is 9.53 Å². The Hall–Kier alpha value is -2.86. The van der Waals surface area contributed by atoms with Crippen molar-refractivity contribution in [3.63, 3.8) is 0 Å². The highest BCUT2D eigenvalue weighted by molar-refractivity contribution is 6.00. The van der Waals surface area contributed by atoms with Crippen molar-refractivity contribution >= 4 is 29.0 Å². The molecule has 0 unspecified atom stereocenters. The van der Waals surface area contributed by atoms with Crippen LogP contribution in [0.2, 0.25) is 0 Å². The lowest BCUT2D eigenvalue weighted by atomic mass is 10.2. The molecule has 0 aliphatic heterocycles. The van der Waals surface area contributed by atoms with Crippen LogP contribution in [-0.4, -0.2) is 25.2 Å². The number of ether oxygens (including phenoxy) is 1. The smallest absolute Gasteiger partial charge is 0.323 e. The Kier molecular flexibility index (Phi) is 5.86. The van der Waals surface area contributed by atoms with Gasteiger partial charge in [-0.1, -0.05) is 24.3 Å². The molecule has 6 heteroatoms. The Bertz CT molecular complexity index is 773. The van der Waals surface area contributed by atoms with E-state index in [1.807, 2.05) is 43.3 Å². The maximum Gasteiger partial charge on any atom is 0.323 e. The monoisotopic (exact) mass is 353 g/mol. The van der Waals surface area contributed by atoms with Crippen molar-refractivity contribution in [1.29, 1.82) is 0 Å². The van der Waals surface area contributed by atoms with Crippen molar-refractivity contribution < 1.29 is 14.3 Å². The van der Waals surface area contributed by atoms with Gasteiger partial charge in [-0.3, -0.25) is 4.79 Å². The van der Waals surface area contributed by atoms with Crippen molar-refractivity contribution in [2.24, 2.45) is 5.92 Å². The molecule has 3 amide bonds. The number of nitrogens with one attached hydrogen (secondary N) is 3. The Morgan fingerprint density at radius 3 is 2.46 bits per heavy atom. The highest BCUT2D eigenvalue weighted by atomic mass is 16.5. The summed E-state index contributed by atoms with van der Waals surface area (Å²) in [6.45, 7) is 2.59. The summed E-state index contributed by atoms with van der Waals surface area (Å²) in [6.07, 6.45) is 2.39. The standard InChI is InChI=1S/C20H23N3O3/c1-14-7-10-17(22-20(25)21-16-5-3-2-4-6-16)11-18(14)23-19(24)13-26-12-15-8-9-15/h2-7,10-11,15H,8-9,12-13H2,1H3,(H,23,24)(H2,21,22,25). The fourth-order valence-electron chi connectivity index (χ4n) is 2.44. The minimum absolute atomic E-state index is 0.0437. The van der Waals surface area contributed by atoms with Gasteiger partial charge in [-0.05, 0) is 55.5 Å². The average molecular weight is 353 g/mol. The molecule has 0 atom stereocenters. The molecule has 1 fully saturated rings. The van der Waals surface area contributed by atoms with Crippen LogP contribution in [0.25, 0.3) is 0 Å². The fraction of sp³-hybridized carbons (Fsp3) is 0.300. The summed E-state index contributed by atoms with van der Waals surface area (Å²) in [6, 6.07) is 14.2. The molecule has 3 rings (SSSR count). The van der Waals surface area contributed by atoms with Crippen LogP contribution in [0.3, 0.4) is 0 Å². The molecular formula is C20H23N3O3. The lowest BCUT2D eigenvalue weighted by Gasteiger charge is -2.12. The minimum atomic E-state index is -0.343. The van der Waals surface area contributed by atoms with Crippen LogP contribution in [0.5, 0.6) is 0 Å². The number of amides is 3. The topological polar surface area (TPSA) is 79.5 Å². The molecule has 0 bridgehead atoms. The van der Waals surface area contributed by atoms with Gasteiger partial charge in [0, 0.05) is 17.1 Å². The molecule has 3 N–H and O–H groups in total. The average Bonchev–Trinajstić information content (AvgIpc) is 3.43. The Balaban J connectivity index is 1.54. The van der Waals surface area contributed by atoms with Crippen LogP contribution in [0.4, 0.5) is 21.9 Å². The molecule has 1 aliphatic carbocycles. The number of para-hydroxylation sites is 1. The molecule has 0 radical (unpaired) electrons. The summed E-state index contributed by atoms with van der Waals surface area (Å²) in [5.41, 5.74) is 2.87. The van der Waals surface area contributed by atoms with Gasteiger partial charge in [0.1, 0.15) is 6.61 Å². The first-order chi connectivity index (χ1) is 12.6. The van der Waals surface area contributed by atoms with Gasteiger partial charge in [-0.25, -0.2) is 4.79 Å². The van der Waals surface area contributed by atoms with E-state index in [2.05, 4.69) is 16.0 Å². The summed E-state index contributed by atoms with van der Waals surface area (Å²) < 4.78 is 5.40. The number of hydrogen-bond donors (Lipinski definition) is 3. The molecule has 6 nitrogen and oxygen atoms in total. The van der Waals surface area contributed by atoms with Crippen molar-refractivity contribution in [3.05, 3.63) is 54.1 Å². The van der Waals surface area contributed by atoms with E-state index >= 15 is 0 Å². The van der Waals surface area contributed by atoms with Crippen LogP contribution in [0.1, 0.15) is 18.4 Å². The first kappa shape index (κ1) is 17.9. The van der Waals surface area contributed by atoms with E-state index in [0.29, 0.717) is 29.6 Å². The molecule has 0 heterocycles. The molecular weight excluding hydrogens is 330 g/mol. The molecule has 0 spiro atoms. The highest BCUT2D eigenvalue weighted by Crippen LogP contribution is 2.28. The number of benzene rings is 2. The van der Waals surface area contributed by atoms with Crippen LogP contribution in [0.15, 0.2) is 48.5 Å². The second kappa shape index (κ2) is 8.49. The van der Waals surface area contributed by atoms with Crippen molar-refractivity contribution in [2.45, 2.75) is 19.8 Å². The predicted molar refractivity (Wildman–Crippen MR) is 102 cm³/mol. The zero-order valence-electron chi connectivity index (χ0n) is 14.7. The first-order valence-corrected chi connectivity index (χ1v) is 8.71. The van der Waals surface area contributed by atoms with Crippen molar-refractivity contribution in [2.75, 3.05) is 29.2 Å². The van der Waals surface area contributed by atoms with Crippen LogP contribution in [0, 0.1) is 12.8 Å². The maximum absolute atomic E-state index is 12.1. The third kappa shape index (κ3) is 5.60. The Labute approximate surface area is 152 Å². The molecule has 0 saturated heterocycles. The van der Waals surface area contributed by atoms with Crippen molar-refractivity contribution in [1.82, 2.24) is 0 Å². The molecule has 0 aromatic heterocycles. The minimum Gasteiger partial charge on any atom is -0.371 e. The van der Waals surface area contributed by atoms with E-state index in [1.54, 1.807) is 12.1 Å². The van der Waals surface area contributed by atoms with E-state index in [-0.39, 0.29) is 18.5 Å². The fourth-order valence-corrected chi connectivity index (χ4v) is 2.44. The molecule has 2 aromatic rings. The van der Waals surface area contributed by atoms with Gasteiger partial charge in [0.25, 0.3) is 0 Å². The molecule has 2 aromatic carbocycles. The number of aryl methyl sites for hydroxylation is 1. The summed E-state index contributed by atoms with van der Waals surface area (Å²) in [4.78, 5) is 24.1. The largest absolute Gasteiger partial charge is 0.371 e. The summed E-state index contributed by atoms with van der Waals surface area (Å²) in [5.74, 6) is 0.430. The zero-order chi connectivity index (χ0) is 18.4. The van der Waals surface area contributed by atoms with Crippen LogP contribution >= 0.6 is 0 Å². The number of urea groups is 1. The highest BCUT2D eigenvalue weighted by Gasteiger charge is 2.21.